The molecule has 2 unspecified atom stereocenters. The molecule has 2 atom stereocenters. The molecule has 1 saturated heterocycles. The monoisotopic (exact) mass is 339 g/mol. The molecule has 1 aliphatic heterocycles. The smallest absolute Gasteiger partial charge is 0.254 e. The van der Waals surface area contributed by atoms with Crippen LogP contribution < -0.4 is 5.14 Å². The van der Waals surface area contributed by atoms with Crippen LogP contribution in [0.3, 0.4) is 0 Å². The van der Waals surface area contributed by atoms with Crippen LogP contribution in [-0.2, 0) is 10.0 Å². The van der Waals surface area contributed by atoms with E-state index in [4.69, 9.17) is 5.14 Å². The first kappa shape index (κ1) is 17.9. The van der Waals surface area contributed by atoms with E-state index in [9.17, 15) is 13.2 Å². The van der Waals surface area contributed by atoms with Crippen LogP contribution in [-0.4, -0.2) is 56.3 Å². The Bertz CT molecular complexity index is 730. The summed E-state index contributed by atoms with van der Waals surface area (Å²) in [6.07, 6.45) is 0. The summed E-state index contributed by atoms with van der Waals surface area (Å²) in [5.74, 6) is -0.136. The molecule has 0 aromatic heterocycles. The van der Waals surface area contributed by atoms with Crippen molar-refractivity contribution in [1.82, 2.24) is 9.80 Å². The molecular weight excluding hydrogens is 314 g/mol. The van der Waals surface area contributed by atoms with E-state index in [2.05, 4.69) is 11.8 Å². The van der Waals surface area contributed by atoms with E-state index in [-0.39, 0.29) is 22.9 Å². The van der Waals surface area contributed by atoms with Crippen LogP contribution in [0, 0.1) is 13.8 Å². The van der Waals surface area contributed by atoms with Crippen LogP contribution in [0.15, 0.2) is 17.0 Å². The zero-order valence-electron chi connectivity index (χ0n) is 14.3. The van der Waals surface area contributed by atoms with E-state index in [0.717, 1.165) is 17.7 Å². The van der Waals surface area contributed by atoms with Gasteiger partial charge in [0.05, 0.1) is 4.90 Å². The molecule has 23 heavy (non-hydrogen) atoms. The average Bonchev–Trinajstić information content (AvgIpc) is 2.43. The SMILES string of the molecule is Cc1cc(S(N)(=O)=O)cc(C(=O)N2CC(C)N(C)CC2C)c1C. The standard InChI is InChI=1S/C16H25N3O3S/c1-10-6-14(23(17,21)22)7-15(13(10)4)16(20)19-9-11(2)18(5)8-12(19)3/h6-7,11-12H,8-9H2,1-5H3,(H2,17,21,22). The summed E-state index contributed by atoms with van der Waals surface area (Å²) < 4.78 is 23.3. The maximum atomic E-state index is 13.0. The van der Waals surface area contributed by atoms with Gasteiger partial charge in [-0.15, -0.1) is 0 Å². The highest BCUT2D eigenvalue weighted by Gasteiger charge is 2.31. The van der Waals surface area contributed by atoms with E-state index in [1.54, 1.807) is 6.92 Å². The minimum atomic E-state index is -3.84. The number of likely N-dealkylation sites (N-methyl/N-ethyl adjacent to an activating group) is 1. The van der Waals surface area contributed by atoms with Gasteiger partial charge in [0.15, 0.2) is 0 Å². The molecule has 1 heterocycles. The summed E-state index contributed by atoms with van der Waals surface area (Å²) in [7, 11) is -1.80. The van der Waals surface area contributed by atoms with Gasteiger partial charge in [-0.3, -0.25) is 9.69 Å². The Morgan fingerprint density at radius 2 is 1.78 bits per heavy atom. The second-order valence-corrected chi connectivity index (χ2v) is 8.11. The van der Waals surface area contributed by atoms with Crippen molar-refractivity contribution in [3.8, 4) is 0 Å². The summed E-state index contributed by atoms with van der Waals surface area (Å²) in [5.41, 5.74) is 1.95. The number of primary sulfonamides is 1. The Kier molecular flexibility index (Phi) is 4.84. The highest BCUT2D eigenvalue weighted by atomic mass is 32.2. The lowest BCUT2D eigenvalue weighted by molar-refractivity contribution is 0.0396. The fourth-order valence-electron chi connectivity index (χ4n) is 2.95. The van der Waals surface area contributed by atoms with Crippen molar-refractivity contribution in [3.63, 3.8) is 0 Å². The minimum absolute atomic E-state index is 0.0150. The van der Waals surface area contributed by atoms with Crippen molar-refractivity contribution in [2.75, 3.05) is 20.1 Å². The second kappa shape index (κ2) is 6.22. The van der Waals surface area contributed by atoms with Gasteiger partial charge in [0.25, 0.3) is 5.91 Å². The van der Waals surface area contributed by atoms with Crippen LogP contribution in [0.2, 0.25) is 0 Å². The number of piperazine rings is 1. The maximum absolute atomic E-state index is 13.0. The van der Waals surface area contributed by atoms with Gasteiger partial charge in [0.2, 0.25) is 10.0 Å². The average molecular weight is 339 g/mol. The molecule has 0 spiro atoms. The zero-order chi connectivity index (χ0) is 17.5. The third kappa shape index (κ3) is 3.57. The topological polar surface area (TPSA) is 83.7 Å². The largest absolute Gasteiger partial charge is 0.333 e. The summed E-state index contributed by atoms with van der Waals surface area (Å²) in [6, 6.07) is 3.24. The molecule has 1 aromatic rings. The van der Waals surface area contributed by atoms with Gasteiger partial charge in [-0.1, -0.05) is 0 Å². The van der Waals surface area contributed by atoms with Crippen LogP contribution in [0.25, 0.3) is 0 Å². The quantitative estimate of drug-likeness (QED) is 0.875. The van der Waals surface area contributed by atoms with Gasteiger partial charge >= 0.3 is 0 Å². The number of amides is 1. The summed E-state index contributed by atoms with van der Waals surface area (Å²) in [4.78, 5) is 17.0. The highest BCUT2D eigenvalue weighted by molar-refractivity contribution is 7.89. The number of nitrogens with two attached hydrogens (primary N) is 1. The van der Waals surface area contributed by atoms with Crippen molar-refractivity contribution in [2.45, 2.75) is 44.7 Å². The van der Waals surface area contributed by atoms with Crippen LogP contribution >= 0.6 is 0 Å². The Labute approximate surface area is 138 Å². The van der Waals surface area contributed by atoms with Crippen molar-refractivity contribution in [1.29, 1.82) is 0 Å². The van der Waals surface area contributed by atoms with Crippen LogP contribution in [0.4, 0.5) is 0 Å². The van der Waals surface area contributed by atoms with E-state index in [1.807, 2.05) is 25.8 Å². The minimum Gasteiger partial charge on any atom is -0.333 e. The predicted molar refractivity (Wildman–Crippen MR) is 89.9 cm³/mol. The van der Waals surface area contributed by atoms with Gasteiger partial charge in [0.1, 0.15) is 0 Å². The van der Waals surface area contributed by atoms with Crippen molar-refractivity contribution in [3.05, 3.63) is 28.8 Å². The third-order valence-corrected chi connectivity index (χ3v) is 5.65. The number of sulfonamides is 1. The number of aryl methyl sites for hydroxylation is 1. The number of hydrogen-bond acceptors (Lipinski definition) is 4. The first-order valence-electron chi connectivity index (χ1n) is 7.67. The molecule has 0 saturated carbocycles. The zero-order valence-corrected chi connectivity index (χ0v) is 15.1. The highest BCUT2D eigenvalue weighted by Crippen LogP contribution is 2.23. The molecule has 2 N–H and O–H groups in total. The Morgan fingerprint density at radius 1 is 1.17 bits per heavy atom. The van der Waals surface area contributed by atoms with Crippen LogP contribution in [0.1, 0.15) is 35.3 Å². The molecule has 7 heteroatoms. The van der Waals surface area contributed by atoms with Gasteiger partial charge in [0, 0.05) is 30.7 Å². The first-order chi connectivity index (χ1) is 10.5. The fourth-order valence-corrected chi connectivity index (χ4v) is 3.57. The molecule has 6 nitrogen and oxygen atoms in total. The predicted octanol–water partition coefficient (Wildman–Crippen LogP) is 1.12. The molecule has 1 aliphatic rings. The van der Waals surface area contributed by atoms with Gasteiger partial charge in [-0.25, -0.2) is 13.6 Å². The van der Waals surface area contributed by atoms with Gasteiger partial charge in [-0.05, 0) is 58.0 Å². The summed E-state index contributed by atoms with van der Waals surface area (Å²) in [6.45, 7) is 9.11. The van der Waals surface area contributed by atoms with Gasteiger partial charge in [-0.2, -0.15) is 0 Å². The number of nitrogens with zero attached hydrogens (tertiary/aromatic N) is 2. The summed E-state index contributed by atoms with van der Waals surface area (Å²) in [5, 5.41) is 5.23. The molecule has 1 fully saturated rings. The lowest BCUT2D eigenvalue weighted by Gasteiger charge is -2.42. The third-order valence-electron chi connectivity index (χ3n) is 4.76. The molecule has 1 aromatic carbocycles. The second-order valence-electron chi connectivity index (χ2n) is 6.55. The number of benzene rings is 1. The number of rotatable bonds is 2. The number of carbonyl (C=O) groups excluding carboxylic acids is 1. The van der Waals surface area contributed by atoms with E-state index in [1.165, 1.54) is 12.1 Å². The van der Waals surface area contributed by atoms with E-state index < -0.39 is 10.0 Å². The lowest BCUT2D eigenvalue weighted by atomic mass is 10.0. The Balaban J connectivity index is 2.45. The van der Waals surface area contributed by atoms with Crippen molar-refractivity contribution >= 4 is 15.9 Å². The molecule has 128 valence electrons. The summed E-state index contributed by atoms with van der Waals surface area (Å²) >= 11 is 0. The first-order valence-corrected chi connectivity index (χ1v) is 9.22. The van der Waals surface area contributed by atoms with Crippen molar-refractivity contribution in [2.24, 2.45) is 5.14 Å². The van der Waals surface area contributed by atoms with E-state index >= 15 is 0 Å². The molecular formula is C16H25N3O3S. The fraction of sp³-hybridized carbons (Fsp3) is 0.562. The van der Waals surface area contributed by atoms with Crippen LogP contribution in [0.5, 0.6) is 0 Å². The number of hydrogen-bond donors (Lipinski definition) is 1. The molecule has 0 radical (unpaired) electrons. The molecule has 2 rings (SSSR count). The Hall–Kier alpha value is -1.44. The van der Waals surface area contributed by atoms with E-state index in [0.29, 0.717) is 12.1 Å². The number of carbonyl (C=O) groups is 1. The lowest BCUT2D eigenvalue weighted by Crippen LogP contribution is -2.56. The molecule has 1 amide bonds. The molecule has 0 aliphatic carbocycles. The molecule has 0 bridgehead atoms. The normalized spacial score (nSPS) is 23.1. The Morgan fingerprint density at radius 3 is 2.35 bits per heavy atom. The van der Waals surface area contributed by atoms with Crippen molar-refractivity contribution < 1.29 is 13.2 Å². The maximum Gasteiger partial charge on any atom is 0.254 e. The van der Waals surface area contributed by atoms with Gasteiger partial charge < -0.3 is 4.90 Å².